The first-order valence-corrected chi connectivity index (χ1v) is 7.11. The number of carbonyl (C=O) groups excluding carboxylic acids is 3. The molecule has 9 heteroatoms. The SMILES string of the molecule is O=C(COc1ccccc1[N+](=O)[O-])Nc1ccc2c(c1)C(=O)NC2=O. The summed E-state index contributed by atoms with van der Waals surface area (Å²) in [6.07, 6.45) is 0. The smallest absolute Gasteiger partial charge is 0.310 e. The molecule has 2 aromatic rings. The van der Waals surface area contributed by atoms with E-state index >= 15 is 0 Å². The van der Waals surface area contributed by atoms with Crippen molar-refractivity contribution in [2.75, 3.05) is 11.9 Å². The van der Waals surface area contributed by atoms with E-state index in [0.29, 0.717) is 5.69 Å². The lowest BCUT2D eigenvalue weighted by molar-refractivity contribution is -0.385. The predicted molar refractivity (Wildman–Crippen MR) is 85.5 cm³/mol. The maximum Gasteiger partial charge on any atom is 0.310 e. The van der Waals surface area contributed by atoms with Crippen molar-refractivity contribution in [1.29, 1.82) is 0 Å². The molecule has 3 rings (SSSR count). The van der Waals surface area contributed by atoms with E-state index in [2.05, 4.69) is 10.6 Å². The van der Waals surface area contributed by atoms with Crippen LogP contribution in [0.15, 0.2) is 42.5 Å². The second kappa shape index (κ2) is 6.40. The molecular formula is C16H11N3O6. The highest BCUT2D eigenvalue weighted by Gasteiger charge is 2.26. The minimum atomic E-state index is -0.608. The van der Waals surface area contributed by atoms with Crippen molar-refractivity contribution < 1.29 is 24.0 Å². The first-order valence-electron chi connectivity index (χ1n) is 7.11. The van der Waals surface area contributed by atoms with E-state index in [0.717, 1.165) is 0 Å². The van der Waals surface area contributed by atoms with Crippen molar-refractivity contribution in [3.05, 3.63) is 63.7 Å². The Morgan fingerprint density at radius 1 is 1.12 bits per heavy atom. The van der Waals surface area contributed by atoms with Crippen LogP contribution in [0.1, 0.15) is 20.7 Å². The number of amides is 3. The van der Waals surface area contributed by atoms with Crippen LogP contribution in [-0.4, -0.2) is 29.3 Å². The standard InChI is InChI=1S/C16H11N3O6/c20-14(8-25-13-4-2-1-3-12(13)19(23)24)17-9-5-6-10-11(7-9)16(22)18-15(10)21/h1-7H,8H2,(H,17,20)(H,18,21,22). The van der Waals surface area contributed by atoms with E-state index in [1.807, 2.05) is 0 Å². The number of carbonyl (C=O) groups is 3. The number of benzene rings is 2. The Morgan fingerprint density at radius 3 is 2.60 bits per heavy atom. The number of imide groups is 1. The summed E-state index contributed by atoms with van der Waals surface area (Å²) >= 11 is 0. The Morgan fingerprint density at radius 2 is 1.84 bits per heavy atom. The molecule has 3 amide bonds. The zero-order valence-corrected chi connectivity index (χ0v) is 12.6. The van der Waals surface area contributed by atoms with Crippen molar-refractivity contribution in [2.24, 2.45) is 0 Å². The fourth-order valence-corrected chi connectivity index (χ4v) is 2.32. The van der Waals surface area contributed by atoms with Gasteiger partial charge in [0.05, 0.1) is 16.1 Å². The summed E-state index contributed by atoms with van der Waals surface area (Å²) in [4.78, 5) is 45.3. The molecule has 25 heavy (non-hydrogen) atoms. The number of nitrogens with one attached hydrogen (secondary N) is 2. The molecule has 0 spiro atoms. The van der Waals surface area contributed by atoms with Crippen molar-refractivity contribution in [1.82, 2.24) is 5.32 Å². The minimum absolute atomic E-state index is 0.0263. The molecule has 2 aromatic carbocycles. The zero-order chi connectivity index (χ0) is 18.0. The third-order valence-electron chi connectivity index (χ3n) is 3.44. The lowest BCUT2D eigenvalue weighted by Crippen LogP contribution is -2.21. The fourth-order valence-electron chi connectivity index (χ4n) is 2.32. The second-order valence-corrected chi connectivity index (χ2v) is 5.11. The van der Waals surface area contributed by atoms with Crippen LogP contribution >= 0.6 is 0 Å². The van der Waals surface area contributed by atoms with Crippen molar-refractivity contribution in [3.63, 3.8) is 0 Å². The Hall–Kier alpha value is -3.75. The van der Waals surface area contributed by atoms with Gasteiger partial charge in [-0.3, -0.25) is 29.8 Å². The predicted octanol–water partition coefficient (Wildman–Crippen LogP) is 1.50. The summed E-state index contributed by atoms with van der Waals surface area (Å²) in [6, 6.07) is 9.96. The fraction of sp³-hybridized carbons (Fsp3) is 0.0625. The van der Waals surface area contributed by atoms with Crippen LogP contribution in [0.25, 0.3) is 0 Å². The molecular weight excluding hydrogens is 330 g/mol. The number of nitrogens with zero attached hydrogens (tertiary/aromatic N) is 1. The third-order valence-corrected chi connectivity index (χ3v) is 3.44. The largest absolute Gasteiger partial charge is 0.477 e. The van der Waals surface area contributed by atoms with Crippen molar-refractivity contribution >= 4 is 29.1 Å². The highest BCUT2D eigenvalue weighted by atomic mass is 16.6. The number of para-hydroxylation sites is 2. The van der Waals surface area contributed by atoms with Gasteiger partial charge in [0.25, 0.3) is 17.7 Å². The third kappa shape index (κ3) is 3.29. The van der Waals surface area contributed by atoms with Gasteiger partial charge in [0.15, 0.2) is 12.4 Å². The lowest BCUT2D eigenvalue weighted by atomic mass is 10.1. The van der Waals surface area contributed by atoms with Gasteiger partial charge < -0.3 is 10.1 Å². The molecule has 0 aromatic heterocycles. The summed E-state index contributed by atoms with van der Waals surface area (Å²) in [5.41, 5.74) is 0.462. The van der Waals surface area contributed by atoms with Crippen molar-refractivity contribution in [2.45, 2.75) is 0 Å². The maximum absolute atomic E-state index is 11.9. The molecule has 0 saturated heterocycles. The average molecular weight is 341 g/mol. The maximum atomic E-state index is 11.9. The van der Waals surface area contributed by atoms with Crippen LogP contribution in [-0.2, 0) is 4.79 Å². The van der Waals surface area contributed by atoms with Gasteiger partial charge in [-0.1, -0.05) is 12.1 Å². The quantitative estimate of drug-likeness (QED) is 0.482. The molecule has 1 aliphatic rings. The second-order valence-electron chi connectivity index (χ2n) is 5.11. The Balaban J connectivity index is 1.66. The number of fused-ring (bicyclic) bond motifs is 1. The highest BCUT2D eigenvalue weighted by molar-refractivity contribution is 6.22. The van der Waals surface area contributed by atoms with Crippen LogP contribution in [0.5, 0.6) is 5.75 Å². The summed E-state index contributed by atoms with van der Waals surface area (Å²) in [5.74, 6) is -1.62. The Labute approximate surface area is 140 Å². The Kier molecular flexibility index (Phi) is 4.12. The van der Waals surface area contributed by atoms with Gasteiger partial charge >= 0.3 is 5.69 Å². The van der Waals surface area contributed by atoms with Gasteiger partial charge in [-0.05, 0) is 24.3 Å². The Bertz CT molecular complexity index is 908. The van der Waals surface area contributed by atoms with E-state index < -0.39 is 29.3 Å². The molecule has 2 N–H and O–H groups in total. The minimum Gasteiger partial charge on any atom is -0.477 e. The van der Waals surface area contributed by atoms with Gasteiger partial charge in [-0.25, -0.2) is 0 Å². The monoisotopic (exact) mass is 341 g/mol. The average Bonchev–Trinajstić information content (AvgIpc) is 2.87. The molecule has 0 unspecified atom stereocenters. The topological polar surface area (TPSA) is 128 Å². The molecule has 126 valence electrons. The van der Waals surface area contributed by atoms with Crippen molar-refractivity contribution in [3.8, 4) is 5.75 Å². The first kappa shape index (κ1) is 16.1. The van der Waals surface area contributed by atoms with E-state index in [-0.39, 0.29) is 22.6 Å². The van der Waals surface area contributed by atoms with Gasteiger partial charge in [-0.15, -0.1) is 0 Å². The molecule has 0 radical (unpaired) electrons. The summed E-state index contributed by atoms with van der Waals surface area (Å²) in [7, 11) is 0. The molecule has 1 heterocycles. The number of nitro benzene ring substituents is 1. The lowest BCUT2D eigenvalue weighted by Gasteiger charge is -2.08. The molecule has 0 saturated carbocycles. The first-order chi connectivity index (χ1) is 12.0. The highest BCUT2D eigenvalue weighted by Crippen LogP contribution is 2.26. The molecule has 0 bridgehead atoms. The van der Waals surface area contributed by atoms with Crippen LogP contribution in [0.3, 0.4) is 0 Å². The van der Waals surface area contributed by atoms with Crippen LogP contribution < -0.4 is 15.4 Å². The summed E-state index contributed by atoms with van der Waals surface area (Å²) in [6.45, 7) is -0.451. The normalized spacial score (nSPS) is 12.3. The molecule has 1 aliphatic heterocycles. The zero-order valence-electron chi connectivity index (χ0n) is 12.6. The molecule has 9 nitrogen and oxygen atoms in total. The van der Waals surface area contributed by atoms with E-state index in [9.17, 15) is 24.5 Å². The van der Waals surface area contributed by atoms with Gasteiger partial charge in [0.2, 0.25) is 0 Å². The van der Waals surface area contributed by atoms with Gasteiger partial charge in [0.1, 0.15) is 0 Å². The van der Waals surface area contributed by atoms with E-state index in [1.165, 1.54) is 36.4 Å². The molecule has 0 fully saturated rings. The number of anilines is 1. The number of hydrogen-bond donors (Lipinski definition) is 2. The van der Waals surface area contributed by atoms with Gasteiger partial charge in [-0.2, -0.15) is 0 Å². The van der Waals surface area contributed by atoms with Crippen LogP contribution in [0.2, 0.25) is 0 Å². The van der Waals surface area contributed by atoms with E-state index in [4.69, 9.17) is 4.74 Å². The molecule has 0 aliphatic carbocycles. The summed E-state index contributed by atoms with van der Waals surface area (Å²) < 4.78 is 5.18. The number of nitro groups is 1. The molecule has 0 atom stereocenters. The van der Waals surface area contributed by atoms with Crippen LogP contribution in [0.4, 0.5) is 11.4 Å². The number of rotatable bonds is 5. The number of ether oxygens (including phenoxy) is 1. The number of hydrogen-bond acceptors (Lipinski definition) is 6. The van der Waals surface area contributed by atoms with E-state index in [1.54, 1.807) is 6.07 Å². The van der Waals surface area contributed by atoms with Crippen LogP contribution in [0, 0.1) is 10.1 Å². The van der Waals surface area contributed by atoms with Gasteiger partial charge in [0, 0.05) is 11.8 Å². The summed E-state index contributed by atoms with van der Waals surface area (Å²) in [5, 5.41) is 15.5.